The van der Waals surface area contributed by atoms with E-state index in [4.69, 9.17) is 0 Å². The smallest absolute Gasteiger partial charge is 0.274 e. The van der Waals surface area contributed by atoms with Crippen LogP contribution in [0.25, 0.3) is 17.2 Å². The van der Waals surface area contributed by atoms with Crippen molar-refractivity contribution in [3.63, 3.8) is 0 Å². The number of likely N-dealkylation sites (tertiary alicyclic amines) is 1. The normalized spacial score (nSPS) is 16.2. The van der Waals surface area contributed by atoms with Crippen LogP contribution in [0.3, 0.4) is 0 Å². The largest absolute Gasteiger partial charge is 0.337 e. The maximum atomic E-state index is 13.4. The Balaban J connectivity index is 1.71. The number of carbonyl (C=O) groups excluding carboxylic acids is 1. The van der Waals surface area contributed by atoms with Gasteiger partial charge in [-0.05, 0) is 36.8 Å². The molecule has 4 rings (SSSR count). The summed E-state index contributed by atoms with van der Waals surface area (Å²) in [7, 11) is 0. The summed E-state index contributed by atoms with van der Waals surface area (Å²) in [6.45, 7) is 1.93. The molecule has 9 heteroatoms. The summed E-state index contributed by atoms with van der Waals surface area (Å²) in [6.07, 6.45) is 2.58. The van der Waals surface area contributed by atoms with Gasteiger partial charge in [0.05, 0.1) is 11.4 Å². The predicted molar refractivity (Wildman–Crippen MR) is 97.2 cm³/mol. The van der Waals surface area contributed by atoms with Gasteiger partial charge in [-0.2, -0.15) is 10.2 Å². The van der Waals surface area contributed by atoms with E-state index in [2.05, 4.69) is 20.3 Å². The summed E-state index contributed by atoms with van der Waals surface area (Å²) in [4.78, 5) is 18.7. The fourth-order valence-electron chi connectivity index (χ4n) is 3.07. The van der Waals surface area contributed by atoms with Gasteiger partial charge in [-0.1, -0.05) is 6.07 Å². The molecule has 0 aliphatic carbocycles. The first kappa shape index (κ1) is 18.1. The Labute approximate surface area is 160 Å². The number of aromatic nitrogens is 5. The number of carbonyl (C=O) groups is 1. The molecule has 0 saturated carbocycles. The molecule has 7 nitrogen and oxygen atoms in total. The molecule has 1 amide bonds. The fourth-order valence-corrected chi connectivity index (χ4v) is 3.07. The van der Waals surface area contributed by atoms with Crippen LogP contribution in [0.15, 0.2) is 42.7 Å². The topological polar surface area (TPSA) is 76.8 Å². The van der Waals surface area contributed by atoms with Crippen LogP contribution in [-0.4, -0.2) is 54.8 Å². The second-order valence-electron chi connectivity index (χ2n) is 6.78. The fraction of sp³-hybridized carbons (Fsp3) is 0.316. The highest BCUT2D eigenvalue weighted by molar-refractivity contribution is 5.93. The van der Waals surface area contributed by atoms with E-state index in [1.54, 1.807) is 24.4 Å². The number of nitrogens with zero attached hydrogens (tertiary/aromatic N) is 6. The summed E-state index contributed by atoms with van der Waals surface area (Å²) < 4.78 is 28.3. The molecule has 144 valence electrons. The number of hydrogen-bond acceptors (Lipinski definition) is 5. The van der Waals surface area contributed by atoms with Crippen molar-refractivity contribution in [2.75, 3.05) is 13.1 Å². The molecule has 3 aromatic heterocycles. The van der Waals surface area contributed by atoms with Crippen LogP contribution in [0, 0.1) is 6.92 Å². The number of piperidine rings is 1. The molecule has 1 saturated heterocycles. The molecular formula is C19H18F2N6O. The lowest BCUT2D eigenvalue weighted by Gasteiger charge is -2.31. The van der Waals surface area contributed by atoms with Crippen molar-refractivity contribution in [3.8, 4) is 17.2 Å². The quantitative estimate of drug-likeness (QED) is 0.694. The minimum atomic E-state index is -2.72. The average molecular weight is 384 g/mol. The number of hydrogen-bond donors (Lipinski definition) is 0. The van der Waals surface area contributed by atoms with Gasteiger partial charge in [-0.3, -0.25) is 9.78 Å². The van der Waals surface area contributed by atoms with E-state index < -0.39 is 5.92 Å². The zero-order chi connectivity index (χ0) is 19.7. The zero-order valence-electron chi connectivity index (χ0n) is 15.2. The van der Waals surface area contributed by atoms with Crippen molar-refractivity contribution in [1.82, 2.24) is 29.9 Å². The third-order valence-electron chi connectivity index (χ3n) is 4.66. The van der Waals surface area contributed by atoms with E-state index in [0.29, 0.717) is 17.2 Å². The van der Waals surface area contributed by atoms with Crippen molar-refractivity contribution < 1.29 is 13.6 Å². The molecule has 0 unspecified atom stereocenters. The second kappa shape index (κ2) is 7.06. The molecule has 0 N–H and O–H groups in total. The molecule has 0 spiro atoms. The third kappa shape index (κ3) is 3.60. The molecule has 3 aromatic rings. The molecular weight excluding hydrogens is 366 g/mol. The Bertz CT molecular complexity index is 977. The highest BCUT2D eigenvalue weighted by Gasteiger charge is 2.36. The van der Waals surface area contributed by atoms with Gasteiger partial charge < -0.3 is 4.90 Å². The highest BCUT2D eigenvalue weighted by atomic mass is 19.3. The Kier molecular flexibility index (Phi) is 4.58. The van der Waals surface area contributed by atoms with E-state index in [9.17, 15) is 13.6 Å². The van der Waals surface area contributed by atoms with Gasteiger partial charge >= 0.3 is 0 Å². The van der Waals surface area contributed by atoms with Crippen molar-refractivity contribution in [2.24, 2.45) is 0 Å². The van der Waals surface area contributed by atoms with Gasteiger partial charge in [0.2, 0.25) is 0 Å². The van der Waals surface area contributed by atoms with Crippen LogP contribution >= 0.6 is 0 Å². The molecule has 0 aromatic carbocycles. The van der Waals surface area contributed by atoms with Gasteiger partial charge in [0.25, 0.3) is 11.8 Å². The second-order valence-corrected chi connectivity index (χ2v) is 6.78. The number of rotatable bonds is 3. The zero-order valence-corrected chi connectivity index (χ0v) is 15.2. The molecule has 0 bridgehead atoms. The lowest BCUT2D eigenvalue weighted by Crippen LogP contribution is -2.42. The first-order valence-corrected chi connectivity index (χ1v) is 8.91. The Morgan fingerprint density at radius 1 is 1.18 bits per heavy atom. The van der Waals surface area contributed by atoms with Crippen molar-refractivity contribution in [2.45, 2.75) is 25.7 Å². The standard InChI is InChI=1S/C19H18F2N6O/c1-13-4-5-14(22-12-13)16-11-15(25-27(16)17-3-2-8-23-24-17)18(28)26-9-6-19(20,21)7-10-26/h2-5,8,11-12H,6-7,9-10H2,1H3. The number of halogens is 2. The van der Waals surface area contributed by atoms with E-state index >= 15 is 0 Å². The molecule has 0 radical (unpaired) electrons. The number of pyridine rings is 1. The van der Waals surface area contributed by atoms with Gasteiger partial charge in [0, 0.05) is 38.3 Å². The molecule has 1 fully saturated rings. The van der Waals surface area contributed by atoms with E-state index in [-0.39, 0.29) is 37.5 Å². The highest BCUT2D eigenvalue weighted by Crippen LogP contribution is 2.29. The lowest BCUT2D eigenvalue weighted by atomic mass is 10.1. The first-order valence-electron chi connectivity index (χ1n) is 8.91. The number of alkyl halides is 2. The maximum Gasteiger partial charge on any atom is 0.274 e. The Hall–Kier alpha value is -3.23. The lowest BCUT2D eigenvalue weighted by molar-refractivity contribution is -0.0495. The summed E-state index contributed by atoms with van der Waals surface area (Å²) in [5.41, 5.74) is 2.35. The van der Waals surface area contributed by atoms with Crippen LogP contribution in [0.2, 0.25) is 0 Å². The van der Waals surface area contributed by atoms with Crippen LogP contribution in [0.1, 0.15) is 28.9 Å². The first-order chi connectivity index (χ1) is 13.4. The average Bonchev–Trinajstić information content (AvgIpc) is 3.14. The van der Waals surface area contributed by atoms with Crippen molar-refractivity contribution >= 4 is 5.91 Å². The van der Waals surface area contributed by atoms with Gasteiger partial charge in [-0.15, -0.1) is 5.10 Å². The minimum Gasteiger partial charge on any atom is -0.337 e. The maximum absolute atomic E-state index is 13.4. The van der Waals surface area contributed by atoms with Gasteiger partial charge in [0.1, 0.15) is 0 Å². The molecule has 28 heavy (non-hydrogen) atoms. The Morgan fingerprint density at radius 3 is 2.61 bits per heavy atom. The molecule has 1 aliphatic heterocycles. The van der Waals surface area contributed by atoms with Gasteiger partial charge in [-0.25, -0.2) is 13.5 Å². The molecule has 4 heterocycles. The van der Waals surface area contributed by atoms with Crippen molar-refractivity contribution in [3.05, 3.63) is 54.0 Å². The number of aryl methyl sites for hydroxylation is 1. The predicted octanol–water partition coefficient (Wildman–Crippen LogP) is 2.90. The summed E-state index contributed by atoms with van der Waals surface area (Å²) >= 11 is 0. The molecule has 0 atom stereocenters. The monoisotopic (exact) mass is 384 g/mol. The van der Waals surface area contributed by atoms with E-state index in [0.717, 1.165) is 5.56 Å². The van der Waals surface area contributed by atoms with Crippen molar-refractivity contribution in [1.29, 1.82) is 0 Å². The summed E-state index contributed by atoms with van der Waals surface area (Å²) in [6, 6.07) is 8.78. The summed E-state index contributed by atoms with van der Waals surface area (Å²) in [5.74, 6) is -2.66. The van der Waals surface area contributed by atoms with E-state index in [1.165, 1.54) is 15.8 Å². The third-order valence-corrected chi connectivity index (χ3v) is 4.66. The van der Waals surface area contributed by atoms with E-state index in [1.807, 2.05) is 19.1 Å². The summed E-state index contributed by atoms with van der Waals surface area (Å²) in [5, 5.41) is 12.3. The van der Waals surface area contributed by atoms with Crippen LogP contribution in [0.5, 0.6) is 0 Å². The number of amides is 1. The van der Waals surface area contributed by atoms with Gasteiger partial charge in [0.15, 0.2) is 11.5 Å². The minimum absolute atomic E-state index is 0.00194. The molecule has 1 aliphatic rings. The van der Waals surface area contributed by atoms with Crippen LogP contribution in [0.4, 0.5) is 8.78 Å². The van der Waals surface area contributed by atoms with Crippen LogP contribution < -0.4 is 0 Å². The SMILES string of the molecule is Cc1ccc(-c2cc(C(=O)N3CCC(F)(F)CC3)nn2-c2cccnn2)nc1. The Morgan fingerprint density at radius 2 is 1.96 bits per heavy atom. The van der Waals surface area contributed by atoms with Crippen LogP contribution in [-0.2, 0) is 0 Å².